The molecule has 0 spiro atoms. The van der Waals surface area contributed by atoms with Gasteiger partial charge in [-0.1, -0.05) is 6.07 Å². The molecular weight excluding hydrogens is 312 g/mol. The number of hydrogen-bond acceptors (Lipinski definition) is 4. The minimum absolute atomic E-state index is 0.0000172. The second-order valence-electron chi connectivity index (χ2n) is 6.11. The van der Waals surface area contributed by atoms with E-state index in [9.17, 15) is 18.6 Å². The van der Waals surface area contributed by atoms with Gasteiger partial charge in [-0.05, 0) is 75.4 Å². The molecule has 0 saturated carbocycles. The van der Waals surface area contributed by atoms with Gasteiger partial charge in [0.15, 0.2) is 0 Å². The topological polar surface area (TPSA) is 74.6 Å². The molecule has 0 aromatic heterocycles. The standard InChI is InChI=1S/C18H22O4S/c1-9-7-10(2)18(14(6)16(9)20)23(21,22)17-11(3)8-15(19)12(4)13(17)5/h7-8,19-20H,1-6H3. The molecule has 0 aliphatic carbocycles. The summed E-state index contributed by atoms with van der Waals surface area (Å²) in [5, 5.41) is 20.1. The predicted octanol–water partition coefficient (Wildman–Crippen LogP) is 3.78. The number of rotatable bonds is 2. The van der Waals surface area contributed by atoms with Gasteiger partial charge < -0.3 is 10.2 Å². The van der Waals surface area contributed by atoms with Crippen LogP contribution in [-0.4, -0.2) is 18.6 Å². The molecule has 2 N–H and O–H groups in total. The van der Waals surface area contributed by atoms with Crippen LogP contribution in [0.25, 0.3) is 0 Å². The Balaban J connectivity index is 2.91. The van der Waals surface area contributed by atoms with E-state index < -0.39 is 9.84 Å². The van der Waals surface area contributed by atoms with E-state index in [1.54, 1.807) is 47.6 Å². The molecule has 0 fully saturated rings. The van der Waals surface area contributed by atoms with Gasteiger partial charge in [-0.3, -0.25) is 0 Å². The molecule has 0 radical (unpaired) electrons. The molecule has 0 amide bonds. The van der Waals surface area contributed by atoms with Gasteiger partial charge in [-0.2, -0.15) is 0 Å². The van der Waals surface area contributed by atoms with Gasteiger partial charge in [0, 0.05) is 5.56 Å². The Labute approximate surface area is 137 Å². The highest BCUT2D eigenvalue weighted by atomic mass is 32.2. The summed E-state index contributed by atoms with van der Waals surface area (Å²) in [7, 11) is -3.81. The fourth-order valence-electron chi connectivity index (χ4n) is 3.12. The number of benzene rings is 2. The lowest BCUT2D eigenvalue weighted by Crippen LogP contribution is -2.11. The number of phenolic OH excluding ortho intramolecular Hbond substituents is 2. The van der Waals surface area contributed by atoms with Gasteiger partial charge in [-0.25, -0.2) is 8.42 Å². The Kier molecular flexibility index (Phi) is 4.20. The predicted molar refractivity (Wildman–Crippen MR) is 90.1 cm³/mol. The maximum Gasteiger partial charge on any atom is 0.207 e. The van der Waals surface area contributed by atoms with Crippen molar-refractivity contribution in [3.05, 3.63) is 45.5 Å². The van der Waals surface area contributed by atoms with Gasteiger partial charge in [0.1, 0.15) is 11.5 Å². The molecule has 23 heavy (non-hydrogen) atoms. The third-order valence-electron chi connectivity index (χ3n) is 4.40. The number of phenols is 2. The van der Waals surface area contributed by atoms with Crippen LogP contribution >= 0.6 is 0 Å². The maximum atomic E-state index is 13.3. The van der Waals surface area contributed by atoms with Crippen LogP contribution in [0.3, 0.4) is 0 Å². The van der Waals surface area contributed by atoms with Gasteiger partial charge in [-0.15, -0.1) is 0 Å². The van der Waals surface area contributed by atoms with Gasteiger partial charge in [0.05, 0.1) is 9.79 Å². The highest BCUT2D eigenvalue weighted by Gasteiger charge is 2.29. The number of aromatic hydroxyl groups is 2. The molecule has 2 aromatic rings. The van der Waals surface area contributed by atoms with E-state index in [1.165, 1.54) is 6.07 Å². The summed E-state index contributed by atoms with van der Waals surface area (Å²) in [6.45, 7) is 10.1. The molecule has 0 atom stereocenters. The van der Waals surface area contributed by atoms with E-state index in [0.717, 1.165) is 0 Å². The van der Waals surface area contributed by atoms with E-state index >= 15 is 0 Å². The van der Waals surface area contributed by atoms with Crippen molar-refractivity contribution in [1.29, 1.82) is 0 Å². The number of sulfone groups is 1. The van der Waals surface area contributed by atoms with Crippen LogP contribution < -0.4 is 0 Å². The van der Waals surface area contributed by atoms with E-state index in [-0.39, 0.29) is 21.3 Å². The average Bonchev–Trinajstić information content (AvgIpc) is 2.41. The second kappa shape index (κ2) is 5.57. The summed E-state index contributed by atoms with van der Waals surface area (Å²) in [6, 6.07) is 3.14. The van der Waals surface area contributed by atoms with Crippen molar-refractivity contribution >= 4 is 9.84 Å². The van der Waals surface area contributed by atoms with E-state index in [2.05, 4.69) is 0 Å². The lowest BCUT2D eigenvalue weighted by molar-refractivity contribution is 0.463. The van der Waals surface area contributed by atoms with Crippen molar-refractivity contribution in [2.75, 3.05) is 0 Å². The maximum absolute atomic E-state index is 13.3. The van der Waals surface area contributed by atoms with E-state index in [1.807, 2.05) is 0 Å². The van der Waals surface area contributed by atoms with Gasteiger partial charge in [0.2, 0.25) is 9.84 Å². The van der Waals surface area contributed by atoms with Crippen molar-refractivity contribution in [1.82, 2.24) is 0 Å². The first kappa shape index (κ1) is 17.3. The second-order valence-corrected chi connectivity index (χ2v) is 7.93. The third kappa shape index (κ3) is 2.59. The van der Waals surface area contributed by atoms with Crippen LogP contribution in [0.15, 0.2) is 21.9 Å². The summed E-state index contributed by atoms with van der Waals surface area (Å²) >= 11 is 0. The third-order valence-corrected chi connectivity index (χ3v) is 6.73. The zero-order valence-corrected chi connectivity index (χ0v) is 15.1. The van der Waals surface area contributed by atoms with Crippen LogP contribution in [0.5, 0.6) is 11.5 Å². The summed E-state index contributed by atoms with van der Waals surface area (Å²) in [5.74, 6) is 0.0825. The lowest BCUT2D eigenvalue weighted by atomic mass is 10.1. The molecule has 5 heteroatoms. The van der Waals surface area contributed by atoms with Crippen LogP contribution in [0.1, 0.15) is 33.4 Å². The molecule has 0 unspecified atom stereocenters. The van der Waals surface area contributed by atoms with Gasteiger partial charge in [0.25, 0.3) is 0 Å². The molecule has 0 aliphatic rings. The number of aryl methyl sites for hydroxylation is 3. The smallest absolute Gasteiger partial charge is 0.207 e. The van der Waals surface area contributed by atoms with Crippen molar-refractivity contribution < 1.29 is 18.6 Å². The Bertz CT molecular complexity index is 840. The highest BCUT2D eigenvalue weighted by Crippen LogP contribution is 2.38. The number of hydrogen-bond donors (Lipinski definition) is 2. The quantitative estimate of drug-likeness (QED) is 0.876. The molecule has 124 valence electrons. The first-order chi connectivity index (χ1) is 10.5. The van der Waals surface area contributed by atoms with Crippen LogP contribution in [-0.2, 0) is 9.84 Å². The Morgan fingerprint density at radius 2 is 1.17 bits per heavy atom. The first-order valence-corrected chi connectivity index (χ1v) is 8.83. The van der Waals surface area contributed by atoms with Crippen molar-refractivity contribution in [2.24, 2.45) is 0 Å². The largest absolute Gasteiger partial charge is 0.508 e. The molecule has 0 heterocycles. The molecule has 0 saturated heterocycles. The van der Waals surface area contributed by atoms with Crippen molar-refractivity contribution in [2.45, 2.75) is 51.3 Å². The molecule has 2 aromatic carbocycles. The minimum Gasteiger partial charge on any atom is -0.508 e. The van der Waals surface area contributed by atoms with Gasteiger partial charge >= 0.3 is 0 Å². The van der Waals surface area contributed by atoms with Crippen LogP contribution in [0.2, 0.25) is 0 Å². The zero-order chi connectivity index (χ0) is 17.7. The molecule has 2 rings (SSSR count). The Morgan fingerprint density at radius 1 is 0.696 bits per heavy atom. The summed E-state index contributed by atoms with van der Waals surface area (Å²) < 4.78 is 26.5. The molecule has 0 aliphatic heterocycles. The fraction of sp³-hybridized carbons (Fsp3) is 0.333. The highest BCUT2D eigenvalue weighted by molar-refractivity contribution is 7.91. The summed E-state index contributed by atoms with van der Waals surface area (Å²) in [4.78, 5) is 0.333. The van der Waals surface area contributed by atoms with Crippen LogP contribution in [0.4, 0.5) is 0 Å². The fourth-order valence-corrected chi connectivity index (χ4v) is 5.35. The molecule has 0 bridgehead atoms. The van der Waals surface area contributed by atoms with Crippen molar-refractivity contribution in [3.8, 4) is 11.5 Å². The minimum atomic E-state index is -3.81. The first-order valence-electron chi connectivity index (χ1n) is 7.34. The van der Waals surface area contributed by atoms with Crippen molar-refractivity contribution in [3.63, 3.8) is 0 Å². The van der Waals surface area contributed by atoms with E-state index in [4.69, 9.17) is 0 Å². The summed E-state index contributed by atoms with van der Waals surface area (Å²) in [5.41, 5.74) is 3.16. The summed E-state index contributed by atoms with van der Waals surface area (Å²) in [6.07, 6.45) is 0. The molecule has 4 nitrogen and oxygen atoms in total. The lowest BCUT2D eigenvalue weighted by Gasteiger charge is -2.18. The molecular formula is C18H22O4S. The zero-order valence-electron chi connectivity index (χ0n) is 14.3. The monoisotopic (exact) mass is 334 g/mol. The van der Waals surface area contributed by atoms with Crippen LogP contribution in [0, 0.1) is 41.5 Å². The Hall–Kier alpha value is -2.01. The normalized spacial score (nSPS) is 11.7. The Morgan fingerprint density at radius 3 is 1.74 bits per heavy atom. The SMILES string of the molecule is Cc1cc(C)c(S(=O)(=O)c2c(C)cc(O)c(C)c2C)c(C)c1O. The average molecular weight is 334 g/mol. The van der Waals surface area contributed by atoms with E-state index in [0.29, 0.717) is 33.4 Å².